The monoisotopic (exact) mass is 202 g/mol. The molecule has 0 radical (unpaired) electrons. The van der Waals surface area contributed by atoms with Crippen molar-refractivity contribution < 1.29 is 9.50 Å². The third-order valence-electron chi connectivity index (χ3n) is 1.88. The van der Waals surface area contributed by atoms with Gasteiger partial charge in [0.25, 0.3) is 0 Å². The van der Waals surface area contributed by atoms with Gasteiger partial charge >= 0.3 is 0 Å². The standard InChI is InChI=1S/C10H12ClFO/c1-7(6-13)4-8-2-3-10(12)9(11)5-8/h2-3,5,7,13H,4,6H2,1H3. The molecule has 0 saturated carbocycles. The molecule has 72 valence electrons. The fourth-order valence-corrected chi connectivity index (χ4v) is 1.34. The van der Waals surface area contributed by atoms with E-state index in [0.717, 1.165) is 12.0 Å². The molecule has 1 aromatic carbocycles. The maximum Gasteiger partial charge on any atom is 0.141 e. The molecule has 1 unspecified atom stereocenters. The number of aliphatic hydroxyl groups excluding tert-OH is 1. The Bertz CT molecular complexity index is 288. The summed E-state index contributed by atoms with van der Waals surface area (Å²) in [6.07, 6.45) is 0.719. The van der Waals surface area contributed by atoms with Gasteiger partial charge in [-0.2, -0.15) is 0 Å². The third kappa shape index (κ3) is 2.98. The summed E-state index contributed by atoms with van der Waals surface area (Å²) >= 11 is 5.60. The van der Waals surface area contributed by atoms with Crippen LogP contribution in [0.5, 0.6) is 0 Å². The van der Waals surface area contributed by atoms with E-state index in [0.29, 0.717) is 0 Å². The molecule has 3 heteroatoms. The Balaban J connectivity index is 2.73. The highest BCUT2D eigenvalue weighted by molar-refractivity contribution is 6.30. The molecular weight excluding hydrogens is 191 g/mol. The molecule has 1 aromatic rings. The minimum atomic E-state index is -0.401. The molecule has 0 aromatic heterocycles. The molecular formula is C10H12ClFO. The Morgan fingerprint density at radius 3 is 2.77 bits per heavy atom. The van der Waals surface area contributed by atoms with E-state index < -0.39 is 5.82 Å². The van der Waals surface area contributed by atoms with Crippen molar-refractivity contribution in [1.82, 2.24) is 0 Å². The van der Waals surface area contributed by atoms with Gasteiger partial charge in [-0.3, -0.25) is 0 Å². The first kappa shape index (κ1) is 10.5. The van der Waals surface area contributed by atoms with E-state index in [1.54, 1.807) is 12.1 Å². The van der Waals surface area contributed by atoms with E-state index in [9.17, 15) is 4.39 Å². The summed E-state index contributed by atoms with van der Waals surface area (Å²) < 4.78 is 12.7. The molecule has 0 aliphatic carbocycles. The van der Waals surface area contributed by atoms with Gasteiger partial charge in [-0.15, -0.1) is 0 Å². The average molecular weight is 203 g/mol. The van der Waals surface area contributed by atoms with Gasteiger partial charge in [0.15, 0.2) is 0 Å². The van der Waals surface area contributed by atoms with Gasteiger partial charge in [0.05, 0.1) is 5.02 Å². The van der Waals surface area contributed by atoms with Crippen LogP contribution in [0.1, 0.15) is 12.5 Å². The summed E-state index contributed by atoms with van der Waals surface area (Å²) in [7, 11) is 0. The molecule has 1 nitrogen and oxygen atoms in total. The molecule has 0 fully saturated rings. The van der Waals surface area contributed by atoms with Crippen LogP contribution in [0.3, 0.4) is 0 Å². The normalized spacial score (nSPS) is 12.9. The van der Waals surface area contributed by atoms with Gasteiger partial charge < -0.3 is 5.11 Å². The van der Waals surface area contributed by atoms with E-state index >= 15 is 0 Å². The van der Waals surface area contributed by atoms with Crippen LogP contribution in [-0.4, -0.2) is 11.7 Å². The van der Waals surface area contributed by atoms with E-state index in [-0.39, 0.29) is 17.5 Å². The second-order valence-electron chi connectivity index (χ2n) is 3.24. The lowest BCUT2D eigenvalue weighted by Gasteiger charge is -2.07. The van der Waals surface area contributed by atoms with Crippen molar-refractivity contribution in [1.29, 1.82) is 0 Å². The highest BCUT2D eigenvalue weighted by Gasteiger charge is 2.04. The number of hydrogen-bond donors (Lipinski definition) is 1. The average Bonchev–Trinajstić information content (AvgIpc) is 2.11. The minimum absolute atomic E-state index is 0.134. The summed E-state index contributed by atoms with van der Waals surface area (Å²) in [5.74, 6) is -0.219. The fraction of sp³-hybridized carbons (Fsp3) is 0.400. The number of benzene rings is 1. The van der Waals surface area contributed by atoms with Crippen LogP contribution < -0.4 is 0 Å². The van der Waals surface area contributed by atoms with Crippen molar-refractivity contribution >= 4 is 11.6 Å². The predicted octanol–water partition coefficient (Wildman–Crippen LogP) is 2.65. The number of aliphatic hydroxyl groups is 1. The molecule has 1 rings (SSSR count). The zero-order valence-corrected chi connectivity index (χ0v) is 8.18. The van der Waals surface area contributed by atoms with E-state index in [1.165, 1.54) is 6.07 Å². The summed E-state index contributed by atoms with van der Waals surface area (Å²) in [4.78, 5) is 0. The van der Waals surface area contributed by atoms with Crippen molar-refractivity contribution in [3.63, 3.8) is 0 Å². The fourth-order valence-electron chi connectivity index (χ4n) is 1.13. The van der Waals surface area contributed by atoms with Crippen LogP contribution >= 0.6 is 11.6 Å². The maximum absolute atomic E-state index is 12.7. The first-order valence-corrected chi connectivity index (χ1v) is 4.56. The smallest absolute Gasteiger partial charge is 0.141 e. The summed E-state index contributed by atoms with van der Waals surface area (Å²) in [5.41, 5.74) is 0.952. The first-order valence-electron chi connectivity index (χ1n) is 4.18. The lowest BCUT2D eigenvalue weighted by Crippen LogP contribution is -2.04. The summed E-state index contributed by atoms with van der Waals surface area (Å²) in [5, 5.41) is 8.95. The molecule has 13 heavy (non-hydrogen) atoms. The zero-order valence-electron chi connectivity index (χ0n) is 7.43. The Kier molecular flexibility index (Phi) is 3.70. The quantitative estimate of drug-likeness (QED) is 0.799. The molecule has 0 aliphatic heterocycles. The van der Waals surface area contributed by atoms with Crippen molar-refractivity contribution in [2.45, 2.75) is 13.3 Å². The van der Waals surface area contributed by atoms with Gasteiger partial charge in [0, 0.05) is 6.61 Å². The molecule has 0 spiro atoms. The van der Waals surface area contributed by atoms with Crippen LogP contribution in [0.25, 0.3) is 0 Å². The highest BCUT2D eigenvalue weighted by atomic mass is 35.5. The number of rotatable bonds is 3. The van der Waals surface area contributed by atoms with Crippen molar-refractivity contribution in [3.8, 4) is 0 Å². The summed E-state index contributed by atoms with van der Waals surface area (Å²) in [6.45, 7) is 2.06. The van der Waals surface area contributed by atoms with Crippen molar-refractivity contribution in [3.05, 3.63) is 34.6 Å². The maximum atomic E-state index is 12.7. The molecule has 0 heterocycles. The first-order chi connectivity index (χ1) is 6.13. The van der Waals surface area contributed by atoms with Crippen molar-refractivity contribution in [2.24, 2.45) is 5.92 Å². The second-order valence-corrected chi connectivity index (χ2v) is 3.65. The van der Waals surface area contributed by atoms with Crippen LogP contribution in [0.15, 0.2) is 18.2 Å². The predicted molar refractivity (Wildman–Crippen MR) is 51.4 cm³/mol. The van der Waals surface area contributed by atoms with Gasteiger partial charge in [0.2, 0.25) is 0 Å². The molecule has 0 saturated heterocycles. The topological polar surface area (TPSA) is 20.2 Å². The third-order valence-corrected chi connectivity index (χ3v) is 2.17. The van der Waals surface area contributed by atoms with Crippen LogP contribution in [0.4, 0.5) is 4.39 Å². The number of halogens is 2. The Morgan fingerprint density at radius 1 is 1.54 bits per heavy atom. The van der Waals surface area contributed by atoms with Gasteiger partial charge in [-0.1, -0.05) is 24.6 Å². The van der Waals surface area contributed by atoms with Crippen LogP contribution in [-0.2, 0) is 6.42 Å². The Labute approximate surface area is 82.2 Å². The van der Waals surface area contributed by atoms with Crippen LogP contribution in [0, 0.1) is 11.7 Å². The Morgan fingerprint density at radius 2 is 2.23 bits per heavy atom. The molecule has 1 N–H and O–H groups in total. The molecule has 0 amide bonds. The minimum Gasteiger partial charge on any atom is -0.396 e. The lowest BCUT2D eigenvalue weighted by molar-refractivity contribution is 0.237. The van der Waals surface area contributed by atoms with E-state index in [4.69, 9.17) is 16.7 Å². The van der Waals surface area contributed by atoms with E-state index in [1.807, 2.05) is 6.92 Å². The molecule has 0 bridgehead atoms. The second kappa shape index (κ2) is 4.58. The van der Waals surface area contributed by atoms with Gasteiger partial charge in [-0.25, -0.2) is 4.39 Å². The van der Waals surface area contributed by atoms with Crippen molar-refractivity contribution in [2.75, 3.05) is 6.61 Å². The highest BCUT2D eigenvalue weighted by Crippen LogP contribution is 2.18. The summed E-state index contributed by atoms with van der Waals surface area (Å²) in [6, 6.07) is 4.64. The zero-order chi connectivity index (χ0) is 9.84. The number of hydrogen-bond acceptors (Lipinski definition) is 1. The largest absolute Gasteiger partial charge is 0.396 e. The van der Waals surface area contributed by atoms with Crippen LogP contribution in [0.2, 0.25) is 5.02 Å². The van der Waals surface area contributed by atoms with Gasteiger partial charge in [0.1, 0.15) is 5.82 Å². The SMILES string of the molecule is CC(CO)Cc1ccc(F)c(Cl)c1. The molecule has 1 atom stereocenters. The van der Waals surface area contributed by atoms with Gasteiger partial charge in [-0.05, 0) is 30.0 Å². The van der Waals surface area contributed by atoms with E-state index in [2.05, 4.69) is 0 Å². The lowest BCUT2D eigenvalue weighted by atomic mass is 10.0. The molecule has 0 aliphatic rings. The Hall–Kier alpha value is -0.600.